The fraction of sp³-hybridized carbons (Fsp3) is 0.120. The van der Waals surface area contributed by atoms with Crippen molar-refractivity contribution in [2.24, 2.45) is 0 Å². The monoisotopic (exact) mass is 826 g/mol. The summed E-state index contributed by atoms with van der Waals surface area (Å²) in [4.78, 5) is 0. The molecule has 0 aliphatic carbocycles. The van der Waals surface area contributed by atoms with Gasteiger partial charge in [0.1, 0.15) is 0 Å². The molecule has 0 aliphatic rings. The Morgan fingerprint density at radius 2 is 0.679 bits per heavy atom. The summed E-state index contributed by atoms with van der Waals surface area (Å²) in [6.07, 6.45) is 0. The van der Waals surface area contributed by atoms with Crippen LogP contribution in [0.5, 0.6) is 0 Å². The van der Waals surface area contributed by atoms with Gasteiger partial charge in [0.15, 0.2) is 0 Å². The summed E-state index contributed by atoms with van der Waals surface area (Å²) < 4.78 is 4.79. The Morgan fingerprint density at radius 1 is 0.411 bits per heavy atom. The van der Waals surface area contributed by atoms with Crippen molar-refractivity contribution in [2.75, 3.05) is 28.2 Å². The minimum atomic E-state index is 0. The summed E-state index contributed by atoms with van der Waals surface area (Å²) in [5.41, 5.74) is 10.2. The van der Waals surface area contributed by atoms with Gasteiger partial charge in [-0.3, -0.25) is 0 Å². The maximum atomic E-state index is 3.06. The van der Waals surface area contributed by atoms with Crippen molar-refractivity contribution in [2.45, 2.75) is 13.8 Å². The Kier molecular flexibility index (Phi) is 16.0. The van der Waals surface area contributed by atoms with Crippen molar-refractivity contribution < 1.29 is 23.3 Å². The van der Waals surface area contributed by atoms with E-state index in [4.69, 9.17) is 0 Å². The van der Waals surface area contributed by atoms with Crippen LogP contribution in [0.2, 0.25) is 0 Å². The number of para-hydroxylation sites is 4. The van der Waals surface area contributed by atoms with Crippen LogP contribution in [0.25, 0.3) is 76.5 Å². The van der Waals surface area contributed by atoms with Crippen LogP contribution in [-0.4, -0.2) is 44.2 Å². The molecule has 2 aromatic heterocycles. The second-order valence-electron chi connectivity index (χ2n) is 13.4. The molecule has 2 N–H and O–H groups in total. The molecule has 8 aromatic carbocycles. The Balaban J connectivity index is 0.000000204. The number of hydrogen-bond acceptors (Lipinski definition) is 2. The number of nitrogens with zero attached hydrogens (tertiary/aromatic N) is 2. The number of aromatic nitrogens is 2. The van der Waals surface area contributed by atoms with Crippen molar-refractivity contribution >= 4 is 72.0 Å². The number of hydrogen-bond donors (Lipinski definition) is 2. The minimum absolute atomic E-state index is 0. The van der Waals surface area contributed by atoms with E-state index in [9.17, 15) is 0 Å². The molecule has 2 heterocycles. The van der Waals surface area contributed by atoms with Gasteiger partial charge in [-0.15, -0.1) is 69.1 Å². The summed E-state index contributed by atoms with van der Waals surface area (Å²) in [7, 11) is 7.50. The van der Waals surface area contributed by atoms with Crippen LogP contribution in [0.3, 0.4) is 0 Å². The first-order valence-corrected chi connectivity index (χ1v) is 22.4. The number of fused-ring (bicyclic) bond motifs is 8. The number of rotatable bonds is 2. The van der Waals surface area contributed by atoms with Gasteiger partial charge < -0.3 is 34.6 Å². The van der Waals surface area contributed by atoms with Crippen LogP contribution in [0, 0.1) is 28.7 Å². The number of aryl methyl sites for hydroxylation is 2. The molecule has 4 nitrogen and oxygen atoms in total. The molecule has 56 heavy (non-hydrogen) atoms. The van der Waals surface area contributed by atoms with Gasteiger partial charge in [0.25, 0.3) is 0 Å². The number of nitrogens with one attached hydrogen (secondary N) is 2. The van der Waals surface area contributed by atoms with Crippen molar-refractivity contribution in [3.8, 4) is 11.4 Å². The second-order valence-corrected chi connectivity index (χ2v) is 13.4. The Labute approximate surface area is 350 Å². The molecule has 284 valence electrons. The van der Waals surface area contributed by atoms with Gasteiger partial charge >= 0.3 is 30.2 Å². The third-order valence-corrected chi connectivity index (χ3v) is 9.39. The van der Waals surface area contributed by atoms with Gasteiger partial charge in [-0.25, -0.2) is 0 Å². The van der Waals surface area contributed by atoms with Gasteiger partial charge in [0.2, 0.25) is 0 Å². The van der Waals surface area contributed by atoms with E-state index in [1.165, 1.54) is 111 Å². The Hall–Kier alpha value is -4.84. The van der Waals surface area contributed by atoms with Gasteiger partial charge in [-0.05, 0) is 52.5 Å². The van der Waals surface area contributed by atoms with Crippen LogP contribution in [0.1, 0.15) is 11.1 Å². The molecule has 0 spiro atoms. The zero-order chi connectivity index (χ0) is 38.2. The molecule has 0 unspecified atom stereocenters. The molecule has 0 atom stereocenters. The molecule has 0 amide bonds. The first kappa shape index (κ1) is 43.9. The zero-order valence-corrected chi connectivity index (χ0v) is 37.4. The second kappa shape index (κ2) is 20.4. The van der Waals surface area contributed by atoms with Gasteiger partial charge in [0, 0.05) is 32.9 Å². The quantitative estimate of drug-likeness (QED) is 0.134. The normalized spacial score (nSPS) is 10.3. The third kappa shape index (κ3) is 8.60. The van der Waals surface area contributed by atoms with Crippen LogP contribution in [0.15, 0.2) is 158 Å². The summed E-state index contributed by atoms with van der Waals surface area (Å²) in [6, 6.07) is 56.9. The standard InChI is InChI=1S/2C22H16N.2C2H7N.2CH3.Si.Zr/c2*1-15-13-16-7-6-12-22(19(16)14-15)23-20-10-4-2-8-17(20)18-9-3-5-11-21(18)23;2*1-3-2;;;;/h2*2-14H,1H3;2*3H,1-2H3;2*1H3;;/q2*-1;;;2*-1;;. The molecule has 2 radical (unpaired) electrons. The fourth-order valence-electron chi connectivity index (χ4n) is 7.49. The fourth-order valence-corrected chi connectivity index (χ4v) is 7.49. The molecule has 0 saturated carbocycles. The zero-order valence-electron chi connectivity index (χ0n) is 33.9. The van der Waals surface area contributed by atoms with E-state index in [1.807, 2.05) is 28.2 Å². The van der Waals surface area contributed by atoms with Crippen molar-refractivity contribution in [3.63, 3.8) is 0 Å². The molecular formula is C50H52N4SiZr-4. The van der Waals surface area contributed by atoms with E-state index in [2.05, 4.69) is 198 Å². The molecular weight excluding hydrogens is 776 g/mol. The summed E-state index contributed by atoms with van der Waals surface area (Å²) in [5, 5.41) is 16.0. The molecule has 10 aromatic rings. The van der Waals surface area contributed by atoms with Gasteiger partial charge in [-0.1, -0.05) is 98.8 Å². The number of benzene rings is 6. The van der Waals surface area contributed by atoms with Crippen molar-refractivity contribution in [3.05, 3.63) is 184 Å². The topological polar surface area (TPSA) is 33.9 Å². The first-order valence-electron chi connectivity index (χ1n) is 18.2. The van der Waals surface area contributed by atoms with Crippen LogP contribution in [0.4, 0.5) is 0 Å². The van der Waals surface area contributed by atoms with Crippen LogP contribution >= 0.6 is 0 Å². The van der Waals surface area contributed by atoms with E-state index in [0.29, 0.717) is 0 Å². The van der Waals surface area contributed by atoms with E-state index >= 15 is 0 Å². The van der Waals surface area contributed by atoms with Gasteiger partial charge in [-0.2, -0.15) is 12.1 Å². The summed E-state index contributed by atoms with van der Waals surface area (Å²) in [6.45, 7) is 7.39. The summed E-state index contributed by atoms with van der Waals surface area (Å²) in [5.74, 6) is 0. The van der Waals surface area contributed by atoms with Gasteiger partial charge in [0.05, 0.1) is 22.1 Å². The Bertz CT molecular complexity index is 2500. The SMILES string of the molecule is CNC.CNC.Cc1cc2c(-n3c4ccccc4c4ccccc43)cccc2[cH-]1.Cc1cc2c(-n3c4ccccc4c4ccccc43)cccc2[cH-]1.[CH3-].[CH3-].[Si]=[Zr]. The summed E-state index contributed by atoms with van der Waals surface area (Å²) >= 11 is 1.36. The van der Waals surface area contributed by atoms with Crippen molar-refractivity contribution in [1.29, 1.82) is 0 Å². The Morgan fingerprint density at radius 3 is 0.964 bits per heavy atom. The van der Waals surface area contributed by atoms with E-state index in [1.54, 1.807) is 0 Å². The third-order valence-electron chi connectivity index (χ3n) is 9.39. The van der Waals surface area contributed by atoms with Crippen LogP contribution in [-0.2, 0) is 23.3 Å². The molecule has 0 saturated heterocycles. The van der Waals surface area contributed by atoms with E-state index in [0.717, 1.165) is 0 Å². The maximum absolute atomic E-state index is 3.06. The molecule has 6 heteroatoms. The predicted octanol–water partition coefficient (Wildman–Crippen LogP) is 12.1. The molecule has 10 rings (SSSR count). The molecule has 0 bridgehead atoms. The predicted molar refractivity (Wildman–Crippen MR) is 246 cm³/mol. The average molecular weight is 828 g/mol. The van der Waals surface area contributed by atoms with Crippen molar-refractivity contribution in [1.82, 2.24) is 19.8 Å². The molecule has 0 aliphatic heterocycles. The first-order chi connectivity index (χ1) is 26.5. The van der Waals surface area contributed by atoms with E-state index < -0.39 is 0 Å². The van der Waals surface area contributed by atoms with Crippen LogP contribution < -0.4 is 10.6 Å². The average Bonchev–Trinajstić information content (AvgIpc) is 3.96. The molecule has 0 fully saturated rings. The van der Waals surface area contributed by atoms with E-state index in [-0.39, 0.29) is 14.9 Å².